The van der Waals surface area contributed by atoms with Crippen LogP contribution < -0.4 is 11.0 Å². The van der Waals surface area contributed by atoms with Crippen LogP contribution in [-0.2, 0) is 16.1 Å². The van der Waals surface area contributed by atoms with E-state index in [1.165, 1.54) is 22.1 Å². The van der Waals surface area contributed by atoms with E-state index in [9.17, 15) is 14.4 Å². The molecule has 0 unspecified atom stereocenters. The molecule has 1 aromatic carbocycles. The minimum Gasteiger partial charge on any atom is -0.370 e. The normalized spacial score (nSPS) is 16.6. The van der Waals surface area contributed by atoms with E-state index >= 15 is 0 Å². The number of fused-ring (bicyclic) bond motifs is 1. The molecule has 1 aliphatic heterocycles. The first-order chi connectivity index (χ1) is 14.9. The molecule has 0 saturated carbocycles. The SMILES string of the molecule is CC(C)NC(=O)c1sc2ccccc2c1[C@@H]1CN(C(=O)Cn2cccnc2=O)CCO1. The monoisotopic (exact) mass is 440 g/mol. The zero-order valence-electron chi connectivity index (χ0n) is 17.4. The van der Waals surface area contributed by atoms with Crippen molar-refractivity contribution in [2.24, 2.45) is 0 Å². The van der Waals surface area contributed by atoms with Gasteiger partial charge in [0.05, 0.1) is 18.0 Å². The second kappa shape index (κ2) is 8.99. The number of hydrogen-bond acceptors (Lipinski definition) is 6. The van der Waals surface area contributed by atoms with Crippen molar-refractivity contribution in [3.8, 4) is 0 Å². The van der Waals surface area contributed by atoms with Gasteiger partial charge in [0.25, 0.3) is 5.91 Å². The van der Waals surface area contributed by atoms with E-state index in [1.54, 1.807) is 17.2 Å². The molecular formula is C22H24N4O4S. The maximum absolute atomic E-state index is 12.9. The molecule has 2 aromatic heterocycles. The van der Waals surface area contributed by atoms with Gasteiger partial charge in [0.2, 0.25) is 5.91 Å². The summed E-state index contributed by atoms with van der Waals surface area (Å²) in [6.07, 6.45) is 2.53. The van der Waals surface area contributed by atoms with Crippen LogP contribution >= 0.6 is 11.3 Å². The fourth-order valence-electron chi connectivity index (χ4n) is 3.69. The van der Waals surface area contributed by atoms with Crippen molar-refractivity contribution in [1.82, 2.24) is 19.8 Å². The number of ether oxygens (including phenoxy) is 1. The molecule has 1 N–H and O–H groups in total. The Morgan fingerprint density at radius 3 is 2.87 bits per heavy atom. The maximum Gasteiger partial charge on any atom is 0.347 e. The second-order valence-corrected chi connectivity index (χ2v) is 8.75. The van der Waals surface area contributed by atoms with Crippen molar-refractivity contribution in [1.29, 1.82) is 0 Å². The number of nitrogens with one attached hydrogen (secondary N) is 1. The van der Waals surface area contributed by atoms with Gasteiger partial charge < -0.3 is 15.0 Å². The van der Waals surface area contributed by atoms with Crippen LogP contribution in [-0.4, -0.2) is 52.0 Å². The van der Waals surface area contributed by atoms with E-state index < -0.39 is 11.8 Å². The molecule has 0 spiro atoms. The molecule has 1 saturated heterocycles. The van der Waals surface area contributed by atoms with Gasteiger partial charge in [0.1, 0.15) is 12.6 Å². The summed E-state index contributed by atoms with van der Waals surface area (Å²) in [6.45, 7) is 4.86. The molecule has 0 radical (unpaired) electrons. The van der Waals surface area contributed by atoms with Crippen LogP contribution in [0.2, 0.25) is 0 Å². The van der Waals surface area contributed by atoms with E-state index in [4.69, 9.17) is 4.74 Å². The van der Waals surface area contributed by atoms with Gasteiger partial charge in [0.15, 0.2) is 0 Å². The number of amides is 2. The third kappa shape index (κ3) is 4.52. The molecule has 0 aliphatic carbocycles. The van der Waals surface area contributed by atoms with Gasteiger partial charge in [-0.15, -0.1) is 11.3 Å². The van der Waals surface area contributed by atoms with Crippen LogP contribution in [0.4, 0.5) is 0 Å². The van der Waals surface area contributed by atoms with Crippen molar-refractivity contribution < 1.29 is 14.3 Å². The number of nitrogens with zero attached hydrogens (tertiary/aromatic N) is 3. The highest BCUT2D eigenvalue weighted by Gasteiger charge is 2.31. The summed E-state index contributed by atoms with van der Waals surface area (Å²) < 4.78 is 8.32. The third-order valence-corrected chi connectivity index (χ3v) is 6.27. The topological polar surface area (TPSA) is 93.5 Å². The maximum atomic E-state index is 12.9. The van der Waals surface area contributed by atoms with Crippen molar-refractivity contribution >= 4 is 33.2 Å². The lowest BCUT2D eigenvalue weighted by atomic mass is 10.0. The molecule has 0 bridgehead atoms. The molecule has 1 atom stereocenters. The first-order valence-corrected chi connectivity index (χ1v) is 11.0. The lowest BCUT2D eigenvalue weighted by Gasteiger charge is -2.33. The van der Waals surface area contributed by atoms with Crippen molar-refractivity contribution in [3.05, 3.63) is 63.7 Å². The summed E-state index contributed by atoms with van der Waals surface area (Å²) in [6, 6.07) is 9.46. The summed E-state index contributed by atoms with van der Waals surface area (Å²) in [7, 11) is 0. The second-order valence-electron chi connectivity index (χ2n) is 7.70. The van der Waals surface area contributed by atoms with Gasteiger partial charge in [-0.05, 0) is 31.4 Å². The Hall–Kier alpha value is -3.04. The Morgan fingerprint density at radius 1 is 1.29 bits per heavy atom. The van der Waals surface area contributed by atoms with E-state index in [1.807, 2.05) is 38.1 Å². The van der Waals surface area contributed by atoms with Crippen molar-refractivity contribution in [2.75, 3.05) is 19.7 Å². The Kier molecular flexibility index (Phi) is 6.15. The largest absolute Gasteiger partial charge is 0.370 e. The van der Waals surface area contributed by atoms with Crippen molar-refractivity contribution in [3.63, 3.8) is 0 Å². The van der Waals surface area contributed by atoms with Crippen LogP contribution in [0.3, 0.4) is 0 Å². The molecule has 9 heteroatoms. The summed E-state index contributed by atoms with van der Waals surface area (Å²) in [5.74, 6) is -0.323. The zero-order valence-corrected chi connectivity index (χ0v) is 18.2. The number of benzene rings is 1. The summed E-state index contributed by atoms with van der Waals surface area (Å²) in [5.41, 5.74) is 0.354. The van der Waals surface area contributed by atoms with Gasteiger partial charge in [-0.25, -0.2) is 9.78 Å². The van der Waals surface area contributed by atoms with E-state index in [2.05, 4.69) is 10.3 Å². The quantitative estimate of drug-likeness (QED) is 0.657. The first kappa shape index (κ1) is 21.2. The molecular weight excluding hydrogens is 416 g/mol. The fourth-order valence-corrected chi connectivity index (χ4v) is 4.84. The highest BCUT2D eigenvalue weighted by Crippen LogP contribution is 2.38. The molecule has 2 amide bonds. The Labute approximate surface area is 183 Å². The number of carbonyl (C=O) groups is 2. The first-order valence-electron chi connectivity index (χ1n) is 10.2. The molecule has 8 nitrogen and oxygen atoms in total. The molecule has 3 aromatic rings. The predicted octanol–water partition coefficient (Wildman–Crippen LogP) is 2.20. The average Bonchev–Trinajstić information content (AvgIpc) is 3.15. The number of thiophene rings is 1. The Morgan fingerprint density at radius 2 is 2.10 bits per heavy atom. The van der Waals surface area contributed by atoms with Crippen LogP contribution in [0, 0.1) is 0 Å². The van der Waals surface area contributed by atoms with Crippen molar-refractivity contribution in [2.45, 2.75) is 32.5 Å². The standard InChI is InChI=1S/C22H24N4O4S/c1-14(2)24-21(28)20-19(15-6-3-4-7-17(15)31-20)16-12-25(10-11-30-16)18(27)13-26-9-5-8-23-22(26)29/h3-9,14,16H,10-13H2,1-2H3,(H,24,28)/t16-/m0/s1. The van der Waals surface area contributed by atoms with Gasteiger partial charge in [-0.3, -0.25) is 14.2 Å². The number of carbonyl (C=O) groups excluding carboxylic acids is 2. The summed E-state index contributed by atoms with van der Waals surface area (Å²) in [5, 5.41) is 3.92. The number of aromatic nitrogens is 2. The third-order valence-electron chi connectivity index (χ3n) is 5.09. The lowest BCUT2D eigenvalue weighted by molar-refractivity contribution is -0.139. The van der Waals surface area contributed by atoms with Gasteiger partial charge in [-0.1, -0.05) is 18.2 Å². The van der Waals surface area contributed by atoms with Crippen LogP contribution in [0.5, 0.6) is 0 Å². The number of rotatable bonds is 5. The van der Waals surface area contributed by atoms with Gasteiger partial charge in [0, 0.05) is 35.2 Å². The molecule has 4 rings (SSSR count). The lowest BCUT2D eigenvalue weighted by Crippen LogP contribution is -2.45. The van der Waals surface area contributed by atoms with Crippen LogP contribution in [0.1, 0.15) is 35.2 Å². The van der Waals surface area contributed by atoms with E-state index in [0.29, 0.717) is 24.6 Å². The summed E-state index contributed by atoms with van der Waals surface area (Å²) >= 11 is 1.43. The highest BCUT2D eigenvalue weighted by molar-refractivity contribution is 7.21. The highest BCUT2D eigenvalue weighted by atomic mass is 32.1. The van der Waals surface area contributed by atoms with Gasteiger partial charge >= 0.3 is 5.69 Å². The number of hydrogen-bond donors (Lipinski definition) is 1. The predicted molar refractivity (Wildman–Crippen MR) is 118 cm³/mol. The molecule has 1 aliphatic rings. The minimum atomic E-state index is -0.461. The average molecular weight is 441 g/mol. The fraction of sp³-hybridized carbons (Fsp3) is 0.364. The summed E-state index contributed by atoms with van der Waals surface area (Å²) in [4.78, 5) is 43.6. The molecule has 31 heavy (non-hydrogen) atoms. The Balaban J connectivity index is 1.62. The Bertz CT molecular complexity index is 1170. The van der Waals surface area contributed by atoms with E-state index in [-0.39, 0.29) is 24.4 Å². The van der Waals surface area contributed by atoms with Gasteiger partial charge in [-0.2, -0.15) is 0 Å². The van der Waals surface area contributed by atoms with E-state index in [0.717, 1.165) is 15.6 Å². The molecule has 162 valence electrons. The minimum absolute atomic E-state index is 0.00806. The number of morpholine rings is 1. The van der Waals surface area contributed by atoms with Crippen LogP contribution in [0.25, 0.3) is 10.1 Å². The molecule has 1 fully saturated rings. The smallest absolute Gasteiger partial charge is 0.347 e. The zero-order chi connectivity index (χ0) is 22.0. The van der Waals surface area contributed by atoms with Crippen LogP contribution in [0.15, 0.2) is 47.5 Å². The molecule has 3 heterocycles.